The molecule has 7 nitrogen and oxygen atoms in total. The van der Waals surface area contributed by atoms with Gasteiger partial charge in [0.2, 0.25) is 0 Å². The van der Waals surface area contributed by atoms with Gasteiger partial charge in [-0.3, -0.25) is 4.79 Å². The Hall–Kier alpha value is -3.40. The monoisotopic (exact) mass is 389 g/mol. The van der Waals surface area contributed by atoms with Crippen LogP contribution < -0.4 is 10.2 Å². The Morgan fingerprint density at radius 3 is 2.66 bits per heavy atom. The second kappa shape index (κ2) is 7.92. The van der Waals surface area contributed by atoms with Crippen LogP contribution in [-0.2, 0) is 0 Å². The molecule has 1 aliphatic rings. The van der Waals surface area contributed by atoms with Gasteiger partial charge in [-0.2, -0.15) is 5.26 Å². The Labute approximate surface area is 169 Å². The Morgan fingerprint density at radius 1 is 1.28 bits per heavy atom. The highest BCUT2D eigenvalue weighted by Gasteiger charge is 2.22. The minimum absolute atomic E-state index is 0.118. The smallest absolute Gasteiger partial charge is 0.257 e. The molecule has 7 heteroatoms. The van der Waals surface area contributed by atoms with Gasteiger partial charge in [0, 0.05) is 31.0 Å². The first-order valence-corrected chi connectivity index (χ1v) is 9.86. The molecule has 4 rings (SSSR count). The molecule has 0 saturated carbocycles. The molecule has 1 aromatic carbocycles. The molecule has 3 aromatic rings. The molecule has 29 heavy (non-hydrogen) atoms. The van der Waals surface area contributed by atoms with Gasteiger partial charge in [0.1, 0.15) is 0 Å². The highest BCUT2D eigenvalue weighted by Crippen LogP contribution is 2.24. The number of carbonyl (C=O) groups excluding carboxylic acids is 1. The first-order valence-electron chi connectivity index (χ1n) is 9.86. The van der Waals surface area contributed by atoms with Gasteiger partial charge in [-0.1, -0.05) is 19.0 Å². The summed E-state index contributed by atoms with van der Waals surface area (Å²) in [5.74, 6) is 0.0787. The molecule has 148 valence electrons. The van der Waals surface area contributed by atoms with Gasteiger partial charge in [-0.05, 0) is 49.1 Å². The van der Waals surface area contributed by atoms with E-state index in [9.17, 15) is 4.79 Å². The van der Waals surface area contributed by atoms with Crippen molar-refractivity contribution in [2.75, 3.05) is 18.0 Å². The third kappa shape index (κ3) is 3.92. The van der Waals surface area contributed by atoms with Gasteiger partial charge in [0.05, 0.1) is 28.3 Å². The summed E-state index contributed by atoms with van der Waals surface area (Å²) in [5, 5.41) is 16.9. The average Bonchev–Trinajstić information content (AvgIpc) is 3.18. The highest BCUT2D eigenvalue weighted by atomic mass is 16.5. The molecule has 1 fully saturated rings. The fourth-order valence-electron chi connectivity index (χ4n) is 3.69. The van der Waals surface area contributed by atoms with E-state index in [1.807, 2.05) is 44.2 Å². The summed E-state index contributed by atoms with van der Waals surface area (Å²) in [6, 6.07) is 11.7. The third-order valence-corrected chi connectivity index (χ3v) is 5.36. The van der Waals surface area contributed by atoms with Crippen molar-refractivity contribution in [3.05, 3.63) is 53.3 Å². The molecule has 0 bridgehead atoms. The van der Waals surface area contributed by atoms with Gasteiger partial charge in [0.25, 0.3) is 11.6 Å². The van der Waals surface area contributed by atoms with Crippen molar-refractivity contribution in [1.29, 1.82) is 5.26 Å². The normalized spacial score (nSPS) is 14.9. The van der Waals surface area contributed by atoms with Crippen LogP contribution in [0, 0.1) is 11.3 Å². The molecule has 2 aromatic heterocycles. The number of hydrogen-bond acceptors (Lipinski definition) is 6. The van der Waals surface area contributed by atoms with E-state index in [0.717, 1.165) is 42.7 Å². The number of pyridine rings is 1. The summed E-state index contributed by atoms with van der Waals surface area (Å²) in [7, 11) is 0. The number of amides is 1. The molecular weight excluding hydrogens is 366 g/mol. The maximum absolute atomic E-state index is 12.7. The Balaban J connectivity index is 1.39. The Morgan fingerprint density at radius 2 is 2.00 bits per heavy atom. The van der Waals surface area contributed by atoms with E-state index < -0.39 is 0 Å². The molecule has 0 unspecified atom stereocenters. The number of piperidine rings is 1. The lowest BCUT2D eigenvalue weighted by atomic mass is 10.0. The van der Waals surface area contributed by atoms with Crippen LogP contribution in [0.3, 0.4) is 0 Å². The number of hydrogen-bond donors (Lipinski definition) is 1. The Kier molecular flexibility index (Phi) is 5.17. The second-order valence-electron chi connectivity index (χ2n) is 7.69. The SMILES string of the molecule is CC(C)c1noc2ncc(C(=O)NC3CCN(c4ccc(C#N)cc4)CC3)cc12. The fourth-order valence-corrected chi connectivity index (χ4v) is 3.69. The van der Waals surface area contributed by atoms with E-state index in [2.05, 4.69) is 26.4 Å². The van der Waals surface area contributed by atoms with Crippen molar-refractivity contribution in [3.63, 3.8) is 0 Å². The van der Waals surface area contributed by atoms with Crippen LogP contribution in [0.4, 0.5) is 5.69 Å². The average molecular weight is 389 g/mol. The summed E-state index contributed by atoms with van der Waals surface area (Å²) in [4.78, 5) is 19.3. The summed E-state index contributed by atoms with van der Waals surface area (Å²) < 4.78 is 5.25. The van der Waals surface area contributed by atoms with E-state index in [4.69, 9.17) is 9.78 Å². The van der Waals surface area contributed by atoms with Crippen LogP contribution in [0.5, 0.6) is 0 Å². The van der Waals surface area contributed by atoms with Crippen LogP contribution in [0.15, 0.2) is 41.1 Å². The Bertz CT molecular complexity index is 1060. The van der Waals surface area contributed by atoms with Crippen LogP contribution >= 0.6 is 0 Å². The molecule has 1 aliphatic heterocycles. The van der Waals surface area contributed by atoms with E-state index in [-0.39, 0.29) is 17.9 Å². The maximum atomic E-state index is 12.7. The van der Waals surface area contributed by atoms with Crippen molar-refractivity contribution in [2.45, 2.75) is 38.6 Å². The first kappa shape index (κ1) is 18.9. The lowest BCUT2D eigenvalue weighted by molar-refractivity contribution is 0.0931. The number of benzene rings is 1. The zero-order valence-corrected chi connectivity index (χ0v) is 16.6. The van der Waals surface area contributed by atoms with Crippen molar-refractivity contribution in [2.24, 2.45) is 0 Å². The number of fused-ring (bicyclic) bond motifs is 1. The molecule has 0 radical (unpaired) electrons. The zero-order valence-electron chi connectivity index (χ0n) is 16.6. The van der Waals surface area contributed by atoms with Crippen LogP contribution in [0.1, 0.15) is 54.2 Å². The predicted octanol–water partition coefficient (Wildman–Crippen LogP) is 3.62. The van der Waals surface area contributed by atoms with Gasteiger partial charge in [-0.15, -0.1) is 0 Å². The maximum Gasteiger partial charge on any atom is 0.257 e. The van der Waals surface area contributed by atoms with Gasteiger partial charge in [0.15, 0.2) is 0 Å². The lowest BCUT2D eigenvalue weighted by Gasteiger charge is -2.34. The molecule has 3 heterocycles. The molecule has 0 aliphatic carbocycles. The summed E-state index contributed by atoms with van der Waals surface area (Å²) in [5.41, 5.74) is 3.57. The largest absolute Gasteiger partial charge is 0.371 e. The lowest BCUT2D eigenvalue weighted by Crippen LogP contribution is -2.44. The van der Waals surface area contributed by atoms with Crippen LogP contribution in [-0.4, -0.2) is 35.2 Å². The minimum Gasteiger partial charge on any atom is -0.371 e. The topological polar surface area (TPSA) is 95.0 Å². The van der Waals surface area contributed by atoms with E-state index in [1.54, 1.807) is 6.20 Å². The zero-order chi connectivity index (χ0) is 20.4. The van der Waals surface area contributed by atoms with Crippen molar-refractivity contribution < 1.29 is 9.32 Å². The molecule has 0 spiro atoms. The number of nitrogens with zero attached hydrogens (tertiary/aromatic N) is 4. The van der Waals surface area contributed by atoms with Crippen LogP contribution in [0.25, 0.3) is 11.1 Å². The van der Waals surface area contributed by atoms with Gasteiger partial charge in [-0.25, -0.2) is 4.98 Å². The van der Waals surface area contributed by atoms with E-state index in [1.165, 1.54) is 0 Å². The van der Waals surface area contributed by atoms with Gasteiger partial charge < -0.3 is 14.7 Å². The second-order valence-corrected chi connectivity index (χ2v) is 7.69. The molecular formula is C22H23N5O2. The summed E-state index contributed by atoms with van der Waals surface area (Å²) in [6.45, 7) is 5.78. The number of rotatable bonds is 4. The minimum atomic E-state index is -0.118. The van der Waals surface area contributed by atoms with Crippen LogP contribution in [0.2, 0.25) is 0 Å². The van der Waals surface area contributed by atoms with Crippen molar-refractivity contribution in [3.8, 4) is 6.07 Å². The number of nitriles is 1. The fraction of sp³-hybridized carbons (Fsp3) is 0.364. The number of aromatic nitrogens is 2. The number of nitrogens with one attached hydrogen (secondary N) is 1. The summed E-state index contributed by atoms with van der Waals surface area (Å²) >= 11 is 0. The molecule has 1 N–H and O–H groups in total. The standard InChI is InChI=1S/C22H23N5O2/c1-14(2)20-19-11-16(13-24-22(19)29-26-20)21(28)25-17-7-9-27(10-8-17)18-5-3-15(12-23)4-6-18/h3-6,11,13-14,17H,7-10H2,1-2H3,(H,25,28). The number of anilines is 1. The summed E-state index contributed by atoms with van der Waals surface area (Å²) in [6.07, 6.45) is 3.27. The highest BCUT2D eigenvalue weighted by molar-refractivity contribution is 5.97. The molecule has 0 atom stereocenters. The molecule has 1 amide bonds. The molecule has 1 saturated heterocycles. The van der Waals surface area contributed by atoms with E-state index in [0.29, 0.717) is 16.8 Å². The van der Waals surface area contributed by atoms with Crippen molar-refractivity contribution in [1.82, 2.24) is 15.5 Å². The quantitative estimate of drug-likeness (QED) is 0.732. The predicted molar refractivity (Wildman–Crippen MR) is 110 cm³/mol. The van der Waals surface area contributed by atoms with E-state index >= 15 is 0 Å². The number of carbonyl (C=O) groups is 1. The van der Waals surface area contributed by atoms with Crippen molar-refractivity contribution >= 4 is 22.7 Å². The first-order chi connectivity index (χ1) is 14.0. The van der Waals surface area contributed by atoms with Gasteiger partial charge >= 0.3 is 0 Å². The third-order valence-electron chi connectivity index (χ3n) is 5.36.